The average Bonchev–Trinajstić information content (AvgIpc) is 2.44. The molecule has 0 spiro atoms. The Kier molecular flexibility index (Phi) is 5.36. The predicted octanol–water partition coefficient (Wildman–Crippen LogP) is 5.39. The van der Waals surface area contributed by atoms with Gasteiger partial charge in [0.05, 0.1) is 10.5 Å². The molecule has 0 saturated carbocycles. The van der Waals surface area contributed by atoms with E-state index in [-0.39, 0.29) is 10.0 Å². The van der Waals surface area contributed by atoms with Gasteiger partial charge in [-0.1, -0.05) is 30.7 Å². The Morgan fingerprint density at radius 2 is 1.90 bits per heavy atom. The van der Waals surface area contributed by atoms with Gasteiger partial charge >= 0.3 is 0 Å². The minimum Gasteiger partial charge on any atom is -0.306 e. The molecular formula is C16H15BrClF2N. The van der Waals surface area contributed by atoms with E-state index in [0.717, 1.165) is 17.2 Å². The van der Waals surface area contributed by atoms with Crippen molar-refractivity contribution in [3.8, 4) is 0 Å². The van der Waals surface area contributed by atoms with Crippen LogP contribution in [0.5, 0.6) is 0 Å². The zero-order valence-corrected chi connectivity index (χ0v) is 14.0. The first kappa shape index (κ1) is 16.4. The van der Waals surface area contributed by atoms with Gasteiger partial charge in [-0.3, -0.25) is 0 Å². The van der Waals surface area contributed by atoms with Crippen LogP contribution in [0, 0.1) is 18.6 Å². The second-order valence-electron chi connectivity index (χ2n) is 4.79. The van der Waals surface area contributed by atoms with Crippen molar-refractivity contribution in [2.45, 2.75) is 19.9 Å². The first-order valence-corrected chi connectivity index (χ1v) is 7.75. The Morgan fingerprint density at radius 3 is 2.52 bits per heavy atom. The van der Waals surface area contributed by atoms with E-state index >= 15 is 0 Å². The topological polar surface area (TPSA) is 12.0 Å². The van der Waals surface area contributed by atoms with E-state index in [1.807, 2.05) is 26.0 Å². The van der Waals surface area contributed by atoms with Crippen LogP contribution in [0.25, 0.3) is 0 Å². The maximum absolute atomic E-state index is 14.2. The molecule has 0 heterocycles. The van der Waals surface area contributed by atoms with Crippen LogP contribution >= 0.6 is 27.5 Å². The number of nitrogens with one attached hydrogen (secondary N) is 1. The van der Waals surface area contributed by atoms with Gasteiger partial charge in [0, 0.05) is 10.6 Å². The average molecular weight is 375 g/mol. The molecule has 0 aliphatic rings. The quantitative estimate of drug-likeness (QED) is 0.708. The Bertz CT molecular complexity index is 661. The lowest BCUT2D eigenvalue weighted by Gasteiger charge is -2.20. The predicted molar refractivity (Wildman–Crippen MR) is 85.8 cm³/mol. The van der Waals surface area contributed by atoms with Crippen LogP contribution in [0.4, 0.5) is 8.78 Å². The third-order valence-electron chi connectivity index (χ3n) is 3.27. The zero-order chi connectivity index (χ0) is 15.6. The lowest BCUT2D eigenvalue weighted by molar-refractivity contribution is 0.542. The highest BCUT2D eigenvalue weighted by Crippen LogP contribution is 2.30. The molecule has 1 nitrogen and oxygen atoms in total. The molecular weight excluding hydrogens is 360 g/mol. The lowest BCUT2D eigenvalue weighted by Crippen LogP contribution is -2.23. The molecule has 2 rings (SSSR count). The molecule has 0 aromatic heterocycles. The van der Waals surface area contributed by atoms with Gasteiger partial charge in [0.25, 0.3) is 0 Å². The van der Waals surface area contributed by atoms with E-state index in [1.54, 1.807) is 6.07 Å². The van der Waals surface area contributed by atoms with Crippen LogP contribution in [-0.4, -0.2) is 6.54 Å². The number of benzene rings is 2. The molecule has 1 atom stereocenters. The number of rotatable bonds is 4. The van der Waals surface area contributed by atoms with Crippen LogP contribution in [0.2, 0.25) is 5.02 Å². The van der Waals surface area contributed by atoms with Gasteiger partial charge in [-0.15, -0.1) is 0 Å². The molecule has 112 valence electrons. The summed E-state index contributed by atoms with van der Waals surface area (Å²) >= 11 is 9.02. The van der Waals surface area contributed by atoms with Gasteiger partial charge in [-0.2, -0.15) is 0 Å². The lowest BCUT2D eigenvalue weighted by atomic mass is 9.96. The summed E-state index contributed by atoms with van der Waals surface area (Å²) < 4.78 is 28.1. The SMILES string of the molecule is CCNC(c1ccc(Cl)c(C)c1)c1cc(F)c(Br)cc1F. The third kappa shape index (κ3) is 3.62. The second kappa shape index (κ2) is 6.86. The minimum absolute atomic E-state index is 0.117. The maximum Gasteiger partial charge on any atom is 0.137 e. The van der Waals surface area contributed by atoms with Crippen molar-refractivity contribution >= 4 is 27.5 Å². The van der Waals surface area contributed by atoms with Gasteiger partial charge in [-0.25, -0.2) is 8.78 Å². The minimum atomic E-state index is -0.486. The number of halogens is 4. The summed E-state index contributed by atoms with van der Waals surface area (Å²) in [4.78, 5) is 0. The van der Waals surface area contributed by atoms with Gasteiger partial charge in [0.15, 0.2) is 0 Å². The maximum atomic E-state index is 14.2. The van der Waals surface area contributed by atoms with Crippen LogP contribution in [0.3, 0.4) is 0 Å². The molecule has 1 N–H and O–H groups in total. The van der Waals surface area contributed by atoms with Crippen molar-refractivity contribution in [2.24, 2.45) is 0 Å². The largest absolute Gasteiger partial charge is 0.306 e. The molecule has 0 fully saturated rings. The summed E-state index contributed by atoms with van der Waals surface area (Å²) in [6.07, 6.45) is 0. The van der Waals surface area contributed by atoms with Crippen molar-refractivity contribution in [3.63, 3.8) is 0 Å². The van der Waals surface area contributed by atoms with Gasteiger partial charge < -0.3 is 5.32 Å². The van der Waals surface area contributed by atoms with Crippen molar-refractivity contribution in [3.05, 3.63) is 68.2 Å². The molecule has 0 radical (unpaired) electrons. The fourth-order valence-corrected chi connectivity index (χ4v) is 2.65. The van der Waals surface area contributed by atoms with Crippen molar-refractivity contribution in [1.82, 2.24) is 5.32 Å². The molecule has 0 bridgehead atoms. The number of hydrogen-bond donors (Lipinski definition) is 1. The smallest absolute Gasteiger partial charge is 0.137 e. The molecule has 5 heteroatoms. The van der Waals surface area contributed by atoms with Crippen molar-refractivity contribution in [1.29, 1.82) is 0 Å². The molecule has 21 heavy (non-hydrogen) atoms. The van der Waals surface area contributed by atoms with Gasteiger partial charge in [0.2, 0.25) is 0 Å². The summed E-state index contributed by atoms with van der Waals surface area (Å²) in [6.45, 7) is 4.43. The summed E-state index contributed by atoms with van der Waals surface area (Å²) in [5.41, 5.74) is 2.02. The Labute approximate surface area is 136 Å². The van der Waals surface area contributed by atoms with Crippen LogP contribution in [0.1, 0.15) is 29.7 Å². The summed E-state index contributed by atoms with van der Waals surface area (Å²) in [7, 11) is 0. The molecule has 2 aromatic rings. The van der Waals surface area contributed by atoms with E-state index in [4.69, 9.17) is 11.6 Å². The standard InChI is InChI=1S/C16H15BrClF2N/c1-3-21-16(10-4-5-13(18)9(2)6-10)11-7-15(20)12(17)8-14(11)19/h4-8,16,21H,3H2,1-2H3. The number of aryl methyl sites for hydroxylation is 1. The second-order valence-corrected chi connectivity index (χ2v) is 6.05. The first-order chi connectivity index (χ1) is 9.93. The molecule has 2 aromatic carbocycles. The summed E-state index contributed by atoms with van der Waals surface area (Å²) in [5, 5.41) is 3.83. The fraction of sp³-hybridized carbons (Fsp3) is 0.250. The van der Waals surface area contributed by atoms with E-state index in [2.05, 4.69) is 21.2 Å². The molecule has 0 aliphatic heterocycles. The highest BCUT2D eigenvalue weighted by atomic mass is 79.9. The summed E-state index contributed by atoms with van der Waals surface area (Å²) in [5.74, 6) is -0.943. The van der Waals surface area contributed by atoms with E-state index in [9.17, 15) is 8.78 Å². The van der Waals surface area contributed by atoms with E-state index < -0.39 is 17.7 Å². The van der Waals surface area contributed by atoms with Gasteiger partial charge in [0.1, 0.15) is 11.6 Å². The molecule has 0 saturated heterocycles. The Balaban J connectivity index is 2.52. The van der Waals surface area contributed by atoms with Crippen molar-refractivity contribution < 1.29 is 8.78 Å². The summed E-state index contributed by atoms with van der Waals surface area (Å²) in [6, 6.07) is 7.42. The molecule has 0 aliphatic carbocycles. The highest BCUT2D eigenvalue weighted by Gasteiger charge is 2.19. The third-order valence-corrected chi connectivity index (χ3v) is 4.31. The monoisotopic (exact) mass is 373 g/mol. The zero-order valence-electron chi connectivity index (χ0n) is 11.7. The highest BCUT2D eigenvalue weighted by molar-refractivity contribution is 9.10. The van der Waals surface area contributed by atoms with Crippen molar-refractivity contribution in [2.75, 3.05) is 6.54 Å². The van der Waals surface area contributed by atoms with Gasteiger partial charge in [-0.05, 0) is 58.7 Å². The van der Waals surface area contributed by atoms with Crippen LogP contribution in [0.15, 0.2) is 34.8 Å². The number of hydrogen-bond acceptors (Lipinski definition) is 1. The Morgan fingerprint density at radius 1 is 1.19 bits per heavy atom. The van der Waals surface area contributed by atoms with Crippen LogP contribution in [-0.2, 0) is 0 Å². The van der Waals surface area contributed by atoms with E-state index in [1.165, 1.54) is 6.07 Å². The molecule has 0 amide bonds. The first-order valence-electron chi connectivity index (χ1n) is 6.58. The Hall–Kier alpha value is -0.970. The molecule has 1 unspecified atom stereocenters. The van der Waals surface area contributed by atoms with Crippen LogP contribution < -0.4 is 5.32 Å². The van der Waals surface area contributed by atoms with E-state index in [0.29, 0.717) is 11.6 Å². The fourth-order valence-electron chi connectivity index (χ4n) is 2.22. The normalized spacial score (nSPS) is 12.5.